The lowest BCUT2D eigenvalue weighted by Gasteiger charge is -2.42. The highest BCUT2D eigenvalue weighted by atomic mass is 16.7. The number of aliphatic hydroxyl groups excluding tert-OH is 2. The molecule has 0 saturated carbocycles. The lowest BCUT2D eigenvalue weighted by atomic mass is 9.96. The van der Waals surface area contributed by atoms with E-state index in [0.29, 0.717) is 19.4 Å². The highest BCUT2D eigenvalue weighted by Crippen LogP contribution is 2.22. The molecular formula is C25H42N6O9. The van der Waals surface area contributed by atoms with Crippen LogP contribution in [0.25, 0.3) is 0 Å². The van der Waals surface area contributed by atoms with Crippen molar-refractivity contribution in [1.29, 1.82) is 0 Å². The fourth-order valence-electron chi connectivity index (χ4n) is 3.86. The van der Waals surface area contributed by atoms with Crippen LogP contribution in [0.15, 0.2) is 12.4 Å². The van der Waals surface area contributed by atoms with E-state index >= 15 is 0 Å². The van der Waals surface area contributed by atoms with Crippen LogP contribution in [0.2, 0.25) is 0 Å². The molecule has 1 fully saturated rings. The number of hydrogen-bond acceptors (Lipinski definition) is 10. The number of imidazole rings is 1. The number of hydrogen-bond donors (Lipinski definition) is 7. The highest BCUT2D eigenvalue weighted by Gasteiger charge is 2.45. The molecule has 2 rings (SSSR count). The van der Waals surface area contributed by atoms with Crippen LogP contribution in [0.4, 0.5) is 0 Å². The number of unbranched alkanes of at least 4 members (excludes halogenated alkanes) is 3. The van der Waals surface area contributed by atoms with Gasteiger partial charge in [-0.3, -0.25) is 19.2 Å². The number of nitrogens with zero attached hydrogens (tertiary/aromatic N) is 1. The van der Waals surface area contributed by atoms with Gasteiger partial charge in [0.2, 0.25) is 17.7 Å². The fraction of sp³-hybridized carbons (Fsp3) is 0.720. The quantitative estimate of drug-likeness (QED) is 0.0666. The number of ether oxygens (including phenoxy) is 3. The molecule has 2 heterocycles. The smallest absolute Gasteiger partial charge is 0.287 e. The molecule has 7 N–H and O–H groups in total. The summed E-state index contributed by atoms with van der Waals surface area (Å²) in [6.07, 6.45) is 0.738. The first kappa shape index (κ1) is 33.1. The summed E-state index contributed by atoms with van der Waals surface area (Å²) >= 11 is 0. The van der Waals surface area contributed by atoms with Crippen molar-refractivity contribution in [2.24, 2.45) is 0 Å². The summed E-state index contributed by atoms with van der Waals surface area (Å²) in [5, 5.41) is 31.5. The van der Waals surface area contributed by atoms with Gasteiger partial charge in [0, 0.05) is 39.0 Å². The second-order valence-corrected chi connectivity index (χ2v) is 9.67. The summed E-state index contributed by atoms with van der Waals surface area (Å²) in [6.45, 7) is 5.59. The molecule has 40 heavy (non-hydrogen) atoms. The lowest BCUT2D eigenvalue weighted by molar-refractivity contribution is -0.262. The maximum atomic E-state index is 12.2. The number of carbonyl (C=O) groups is 4. The molecule has 226 valence electrons. The summed E-state index contributed by atoms with van der Waals surface area (Å²) in [5.74, 6) is -1.61. The van der Waals surface area contributed by atoms with Crippen molar-refractivity contribution in [2.75, 3.05) is 26.4 Å². The van der Waals surface area contributed by atoms with Crippen LogP contribution in [0, 0.1) is 0 Å². The monoisotopic (exact) mass is 570 g/mol. The number of nitrogens with one attached hydrogen (secondary N) is 5. The predicted molar refractivity (Wildman–Crippen MR) is 140 cm³/mol. The number of aromatic nitrogens is 2. The molecule has 4 amide bonds. The topological polar surface area (TPSA) is 213 Å². The normalized spacial score (nSPS) is 22.5. The Balaban J connectivity index is 1.68. The van der Waals surface area contributed by atoms with Crippen molar-refractivity contribution >= 4 is 23.6 Å². The molecule has 0 radical (unpaired) electrons. The Labute approximate surface area is 233 Å². The van der Waals surface area contributed by atoms with Crippen LogP contribution in [-0.4, -0.2) is 107 Å². The average molecular weight is 571 g/mol. The zero-order valence-electron chi connectivity index (χ0n) is 23.2. The summed E-state index contributed by atoms with van der Waals surface area (Å²) < 4.78 is 16.8. The summed E-state index contributed by atoms with van der Waals surface area (Å²) in [4.78, 5) is 53.8. The molecule has 5 unspecified atom stereocenters. The van der Waals surface area contributed by atoms with E-state index in [4.69, 9.17) is 14.2 Å². The van der Waals surface area contributed by atoms with Gasteiger partial charge >= 0.3 is 0 Å². The van der Waals surface area contributed by atoms with E-state index in [1.165, 1.54) is 19.3 Å². The van der Waals surface area contributed by atoms with Gasteiger partial charge in [-0.1, -0.05) is 12.8 Å². The molecule has 1 aliphatic rings. The first-order chi connectivity index (χ1) is 19.1. The molecule has 1 saturated heterocycles. The third-order valence-corrected chi connectivity index (χ3v) is 5.93. The lowest BCUT2D eigenvalue weighted by Crippen LogP contribution is -2.65. The first-order valence-electron chi connectivity index (χ1n) is 13.4. The first-order valence-corrected chi connectivity index (χ1v) is 13.4. The van der Waals surface area contributed by atoms with Gasteiger partial charge in [0.1, 0.15) is 37.5 Å². The van der Waals surface area contributed by atoms with Gasteiger partial charge in [0.25, 0.3) is 5.91 Å². The van der Waals surface area contributed by atoms with E-state index in [9.17, 15) is 29.4 Å². The van der Waals surface area contributed by atoms with Crippen LogP contribution >= 0.6 is 0 Å². The van der Waals surface area contributed by atoms with Gasteiger partial charge in [-0.2, -0.15) is 0 Å². The number of H-pyrrole nitrogens is 1. The van der Waals surface area contributed by atoms with Gasteiger partial charge in [0.05, 0.1) is 6.10 Å². The van der Waals surface area contributed by atoms with Gasteiger partial charge in [-0.25, -0.2) is 4.98 Å². The molecular weight excluding hydrogens is 528 g/mol. The summed E-state index contributed by atoms with van der Waals surface area (Å²) in [5.41, 5.74) is 0. The van der Waals surface area contributed by atoms with E-state index in [1.54, 1.807) is 0 Å². The van der Waals surface area contributed by atoms with Gasteiger partial charge < -0.3 is 50.7 Å². The Hall–Kier alpha value is -3.11. The van der Waals surface area contributed by atoms with Gasteiger partial charge in [-0.05, 0) is 26.7 Å². The maximum absolute atomic E-state index is 12.2. The van der Waals surface area contributed by atoms with E-state index in [0.717, 1.165) is 12.8 Å². The van der Waals surface area contributed by atoms with Crippen LogP contribution < -0.4 is 21.3 Å². The third kappa shape index (κ3) is 12.0. The minimum Gasteiger partial charge on any atom is -0.388 e. The van der Waals surface area contributed by atoms with Crippen LogP contribution in [0.3, 0.4) is 0 Å². The minimum absolute atomic E-state index is 0.0164. The third-order valence-electron chi connectivity index (χ3n) is 5.93. The molecule has 0 aromatic carbocycles. The predicted octanol–water partition coefficient (Wildman–Crippen LogP) is -1.33. The van der Waals surface area contributed by atoms with Gasteiger partial charge in [-0.15, -0.1) is 0 Å². The number of carbonyl (C=O) groups excluding carboxylic acids is 4. The number of rotatable bonds is 17. The molecule has 0 spiro atoms. The van der Waals surface area contributed by atoms with Crippen LogP contribution in [0.5, 0.6) is 0 Å². The fourth-order valence-corrected chi connectivity index (χ4v) is 3.86. The standard InChI is InChI=1S/C25H42N6O9/c1-15(2)39-14-30-19(34)12-18(33)26-8-6-4-5-7-11-38-25-20(31-16(3)32)22(36)21(35)17(40-25)13-29-24(37)23-27-9-10-28-23/h9-10,15,17,20-22,25,35-36H,4-8,11-14H2,1-3H3,(H,26,33)(H,27,28)(H,29,37)(H,30,34)(H,31,32). The van der Waals surface area contributed by atoms with E-state index in [2.05, 4.69) is 31.2 Å². The Morgan fingerprint density at radius 1 is 1.05 bits per heavy atom. The number of amides is 4. The molecule has 0 bridgehead atoms. The van der Waals surface area contributed by atoms with Crippen molar-refractivity contribution in [3.63, 3.8) is 0 Å². The molecule has 1 aromatic heterocycles. The highest BCUT2D eigenvalue weighted by molar-refractivity contribution is 5.96. The van der Waals surface area contributed by atoms with Gasteiger partial charge in [0.15, 0.2) is 12.1 Å². The molecule has 5 atom stereocenters. The van der Waals surface area contributed by atoms with E-state index in [-0.39, 0.29) is 44.1 Å². The molecule has 1 aromatic rings. The van der Waals surface area contributed by atoms with E-state index < -0.39 is 48.4 Å². The van der Waals surface area contributed by atoms with Crippen molar-refractivity contribution in [3.8, 4) is 0 Å². The SMILES string of the molecule is CC(=O)NC1C(OCCCCCCNC(=O)CC(=O)NCOC(C)C)OC(CNC(=O)c2ncc[nH]2)C(O)C1O. The molecule has 1 aliphatic heterocycles. The second-order valence-electron chi connectivity index (χ2n) is 9.67. The second kappa shape index (κ2) is 17.6. The Morgan fingerprint density at radius 2 is 1.77 bits per heavy atom. The van der Waals surface area contributed by atoms with Crippen molar-refractivity contribution in [2.45, 2.75) is 89.6 Å². The molecule has 15 nitrogen and oxygen atoms in total. The number of aromatic amines is 1. The van der Waals surface area contributed by atoms with Crippen LogP contribution in [-0.2, 0) is 28.6 Å². The Kier molecular flexibility index (Phi) is 14.5. The minimum atomic E-state index is -1.39. The maximum Gasteiger partial charge on any atom is 0.287 e. The average Bonchev–Trinajstić information content (AvgIpc) is 3.43. The summed E-state index contributed by atoms with van der Waals surface area (Å²) in [7, 11) is 0. The zero-order chi connectivity index (χ0) is 29.5. The Bertz CT molecular complexity index is 930. The van der Waals surface area contributed by atoms with Crippen molar-refractivity contribution < 1.29 is 43.6 Å². The number of aliphatic hydroxyl groups is 2. The largest absolute Gasteiger partial charge is 0.388 e. The Morgan fingerprint density at radius 3 is 2.45 bits per heavy atom. The van der Waals surface area contributed by atoms with Crippen molar-refractivity contribution in [3.05, 3.63) is 18.2 Å². The molecule has 0 aliphatic carbocycles. The molecule has 15 heteroatoms. The zero-order valence-corrected chi connectivity index (χ0v) is 23.2. The van der Waals surface area contributed by atoms with E-state index in [1.807, 2.05) is 13.8 Å². The summed E-state index contributed by atoms with van der Waals surface area (Å²) in [6, 6.07) is -1.01. The van der Waals surface area contributed by atoms with Crippen molar-refractivity contribution in [1.82, 2.24) is 31.2 Å². The van der Waals surface area contributed by atoms with Crippen LogP contribution in [0.1, 0.15) is 63.5 Å².